The third-order valence-corrected chi connectivity index (χ3v) is 4.97. The summed E-state index contributed by atoms with van der Waals surface area (Å²) in [4.78, 5) is 23.0. The molecule has 2 aromatic rings. The standard InChI is InChI=1S/C18H20BrFN4O/c19-15-10-13(3-4-16(15)20)5-6-23-18(25)14-2-1-9-24(12-14)17-11-21-7-8-22-17/h3-4,7-8,10-11,14H,1-2,5-6,9,12H2,(H,23,25). The van der Waals surface area contributed by atoms with Crippen molar-refractivity contribution < 1.29 is 9.18 Å². The summed E-state index contributed by atoms with van der Waals surface area (Å²) in [6.07, 6.45) is 7.55. The Labute approximate surface area is 154 Å². The predicted molar refractivity (Wildman–Crippen MR) is 97.8 cm³/mol. The zero-order chi connectivity index (χ0) is 17.6. The average molecular weight is 407 g/mol. The highest BCUT2D eigenvalue weighted by molar-refractivity contribution is 9.10. The first-order valence-corrected chi connectivity index (χ1v) is 9.15. The fourth-order valence-corrected chi connectivity index (χ4v) is 3.45. The van der Waals surface area contributed by atoms with Gasteiger partial charge in [-0.3, -0.25) is 9.78 Å². The van der Waals surface area contributed by atoms with Gasteiger partial charge in [0.05, 0.1) is 16.6 Å². The second-order valence-electron chi connectivity index (χ2n) is 6.14. The van der Waals surface area contributed by atoms with Crippen LogP contribution in [0.4, 0.5) is 10.2 Å². The third kappa shape index (κ3) is 4.75. The van der Waals surface area contributed by atoms with E-state index >= 15 is 0 Å². The molecule has 1 aromatic carbocycles. The molecule has 0 saturated carbocycles. The van der Waals surface area contributed by atoms with Gasteiger partial charge >= 0.3 is 0 Å². The Bertz CT molecular complexity index is 728. The number of benzene rings is 1. The maximum absolute atomic E-state index is 13.2. The van der Waals surface area contributed by atoms with Crippen LogP contribution in [0.25, 0.3) is 0 Å². The van der Waals surface area contributed by atoms with Crippen molar-refractivity contribution in [3.8, 4) is 0 Å². The molecule has 5 nitrogen and oxygen atoms in total. The largest absolute Gasteiger partial charge is 0.355 e. The van der Waals surface area contributed by atoms with Gasteiger partial charge in [0.1, 0.15) is 11.6 Å². The zero-order valence-electron chi connectivity index (χ0n) is 13.8. The number of hydrogen-bond acceptors (Lipinski definition) is 4. The Morgan fingerprint density at radius 3 is 3.04 bits per heavy atom. The van der Waals surface area contributed by atoms with Gasteiger partial charge in [0.25, 0.3) is 0 Å². The quantitative estimate of drug-likeness (QED) is 0.828. The number of piperidine rings is 1. The first-order chi connectivity index (χ1) is 12.1. The Kier molecular flexibility index (Phi) is 5.96. The molecule has 2 heterocycles. The minimum absolute atomic E-state index is 0.0456. The molecule has 7 heteroatoms. The van der Waals surface area contributed by atoms with Crippen LogP contribution in [0.3, 0.4) is 0 Å². The van der Waals surface area contributed by atoms with Gasteiger partial charge in [0.2, 0.25) is 5.91 Å². The molecule has 1 N–H and O–H groups in total. The molecule has 1 unspecified atom stereocenters. The highest BCUT2D eigenvalue weighted by atomic mass is 79.9. The molecule has 25 heavy (non-hydrogen) atoms. The lowest BCUT2D eigenvalue weighted by atomic mass is 9.97. The smallest absolute Gasteiger partial charge is 0.224 e. The van der Waals surface area contributed by atoms with Gasteiger partial charge in [-0.15, -0.1) is 0 Å². The summed E-state index contributed by atoms with van der Waals surface area (Å²) in [5.41, 5.74) is 0.985. The molecule has 1 amide bonds. The van der Waals surface area contributed by atoms with Crippen molar-refractivity contribution in [3.63, 3.8) is 0 Å². The number of halogens is 2. The van der Waals surface area contributed by atoms with Gasteiger partial charge in [-0.25, -0.2) is 9.37 Å². The van der Waals surface area contributed by atoms with E-state index in [4.69, 9.17) is 0 Å². The lowest BCUT2D eigenvalue weighted by Gasteiger charge is -2.32. The van der Waals surface area contributed by atoms with E-state index < -0.39 is 0 Å². The van der Waals surface area contributed by atoms with Gasteiger partial charge < -0.3 is 10.2 Å². The summed E-state index contributed by atoms with van der Waals surface area (Å²) in [6.45, 7) is 2.09. The maximum Gasteiger partial charge on any atom is 0.224 e. The van der Waals surface area contributed by atoms with Gasteiger partial charge in [-0.2, -0.15) is 0 Å². The van der Waals surface area contributed by atoms with Gasteiger partial charge in [-0.05, 0) is 52.9 Å². The molecule has 1 fully saturated rings. The SMILES string of the molecule is O=C(NCCc1ccc(F)c(Br)c1)C1CCCN(c2cnccn2)C1. The first-order valence-electron chi connectivity index (χ1n) is 8.36. The van der Waals surface area contributed by atoms with E-state index in [9.17, 15) is 9.18 Å². The van der Waals surface area contributed by atoms with Crippen molar-refractivity contribution in [2.24, 2.45) is 5.92 Å². The third-order valence-electron chi connectivity index (χ3n) is 4.36. The van der Waals surface area contributed by atoms with Crippen molar-refractivity contribution in [1.82, 2.24) is 15.3 Å². The molecule has 1 aromatic heterocycles. The molecule has 1 aliphatic heterocycles. The molecule has 0 aliphatic carbocycles. The fourth-order valence-electron chi connectivity index (χ4n) is 3.02. The molecule has 0 radical (unpaired) electrons. The van der Waals surface area contributed by atoms with Crippen LogP contribution in [0, 0.1) is 11.7 Å². The number of hydrogen-bond donors (Lipinski definition) is 1. The molecule has 1 atom stereocenters. The minimum atomic E-state index is -0.279. The van der Waals surface area contributed by atoms with E-state index in [-0.39, 0.29) is 17.6 Å². The molecule has 0 spiro atoms. The Hall–Kier alpha value is -2.02. The van der Waals surface area contributed by atoms with Crippen LogP contribution in [-0.4, -0.2) is 35.5 Å². The van der Waals surface area contributed by atoms with Gasteiger partial charge in [0, 0.05) is 32.0 Å². The van der Waals surface area contributed by atoms with Crippen molar-refractivity contribution in [2.45, 2.75) is 19.3 Å². The van der Waals surface area contributed by atoms with Crippen molar-refractivity contribution >= 4 is 27.7 Å². The highest BCUT2D eigenvalue weighted by Gasteiger charge is 2.26. The van der Waals surface area contributed by atoms with E-state index in [1.165, 1.54) is 6.07 Å². The molecule has 1 aliphatic rings. The molecule has 3 rings (SSSR count). The lowest BCUT2D eigenvalue weighted by Crippen LogP contribution is -2.43. The van der Waals surface area contributed by atoms with Crippen molar-refractivity contribution in [2.75, 3.05) is 24.5 Å². The maximum atomic E-state index is 13.2. The first kappa shape index (κ1) is 17.8. The van der Waals surface area contributed by atoms with Crippen molar-refractivity contribution in [1.29, 1.82) is 0 Å². The number of carbonyl (C=O) groups excluding carboxylic acids is 1. The Morgan fingerprint density at radius 2 is 2.28 bits per heavy atom. The van der Waals surface area contributed by atoms with Crippen LogP contribution in [0.15, 0.2) is 41.3 Å². The predicted octanol–water partition coefficient (Wildman–Crippen LogP) is 2.95. The van der Waals surface area contributed by atoms with Crippen LogP contribution in [-0.2, 0) is 11.2 Å². The monoisotopic (exact) mass is 406 g/mol. The number of nitrogens with one attached hydrogen (secondary N) is 1. The highest BCUT2D eigenvalue weighted by Crippen LogP contribution is 2.21. The summed E-state index contributed by atoms with van der Waals surface area (Å²) < 4.78 is 13.7. The molecule has 0 bridgehead atoms. The van der Waals surface area contributed by atoms with E-state index in [1.807, 2.05) is 0 Å². The fraction of sp³-hybridized carbons (Fsp3) is 0.389. The summed E-state index contributed by atoms with van der Waals surface area (Å²) in [5.74, 6) is 0.556. The zero-order valence-corrected chi connectivity index (χ0v) is 15.4. The number of amides is 1. The topological polar surface area (TPSA) is 58.1 Å². The average Bonchev–Trinajstić information content (AvgIpc) is 2.65. The van der Waals surface area contributed by atoms with Crippen LogP contribution in [0.5, 0.6) is 0 Å². The normalized spacial score (nSPS) is 17.4. The molecular formula is C18H20BrFN4O. The van der Waals surface area contributed by atoms with E-state index in [0.717, 1.165) is 30.8 Å². The summed E-state index contributed by atoms with van der Waals surface area (Å²) in [6, 6.07) is 4.92. The molecular weight excluding hydrogens is 387 g/mol. The lowest BCUT2D eigenvalue weighted by molar-refractivity contribution is -0.125. The minimum Gasteiger partial charge on any atom is -0.355 e. The van der Waals surface area contributed by atoms with E-state index in [1.54, 1.807) is 30.7 Å². The Balaban J connectivity index is 1.50. The van der Waals surface area contributed by atoms with Gasteiger partial charge in [-0.1, -0.05) is 6.07 Å². The summed E-state index contributed by atoms with van der Waals surface area (Å²) in [7, 11) is 0. The van der Waals surface area contributed by atoms with Crippen LogP contribution >= 0.6 is 15.9 Å². The second-order valence-corrected chi connectivity index (χ2v) is 6.99. The summed E-state index contributed by atoms with van der Waals surface area (Å²) in [5, 5.41) is 3.00. The van der Waals surface area contributed by atoms with Crippen LogP contribution < -0.4 is 10.2 Å². The molecule has 1 saturated heterocycles. The second kappa shape index (κ2) is 8.38. The number of nitrogens with zero attached hydrogens (tertiary/aromatic N) is 3. The Morgan fingerprint density at radius 1 is 1.40 bits per heavy atom. The van der Waals surface area contributed by atoms with Crippen molar-refractivity contribution in [3.05, 3.63) is 52.6 Å². The van der Waals surface area contributed by atoms with E-state index in [0.29, 0.717) is 24.0 Å². The number of rotatable bonds is 5. The van der Waals surface area contributed by atoms with Crippen LogP contribution in [0.1, 0.15) is 18.4 Å². The van der Waals surface area contributed by atoms with Crippen LogP contribution in [0.2, 0.25) is 0 Å². The van der Waals surface area contributed by atoms with E-state index in [2.05, 4.69) is 36.1 Å². The summed E-state index contributed by atoms with van der Waals surface area (Å²) >= 11 is 3.18. The number of aromatic nitrogens is 2. The number of anilines is 1. The molecule has 132 valence electrons. The van der Waals surface area contributed by atoms with Gasteiger partial charge in [0.15, 0.2) is 0 Å². The number of carbonyl (C=O) groups is 1.